The van der Waals surface area contributed by atoms with Crippen molar-refractivity contribution in [3.05, 3.63) is 90.5 Å². The van der Waals surface area contributed by atoms with E-state index >= 15 is 0 Å². The normalized spacial score (nSPS) is 17.6. The minimum absolute atomic E-state index is 0.149. The highest BCUT2D eigenvalue weighted by molar-refractivity contribution is 7.84. The second-order valence-electron chi connectivity index (χ2n) is 7.82. The van der Waals surface area contributed by atoms with Gasteiger partial charge in [0, 0.05) is 15.9 Å². The van der Waals surface area contributed by atoms with E-state index in [4.69, 9.17) is 4.74 Å². The molecule has 4 heteroatoms. The summed E-state index contributed by atoms with van der Waals surface area (Å²) >= 11 is 1.97. The summed E-state index contributed by atoms with van der Waals surface area (Å²) in [5.41, 5.74) is 1.50. The van der Waals surface area contributed by atoms with Crippen molar-refractivity contribution >= 4 is 44.6 Å². The fourth-order valence-electron chi connectivity index (χ4n) is 4.24. The SMILES string of the molecule is C[C@@H](Cc1c(P(c2ccccc2)c2ccccc2)sc2ccccc12)[C@H]1NCCO1. The smallest absolute Gasteiger partial charge is 0.111 e. The topological polar surface area (TPSA) is 21.3 Å². The lowest BCUT2D eigenvalue weighted by Gasteiger charge is -2.23. The summed E-state index contributed by atoms with van der Waals surface area (Å²) in [5.74, 6) is 0.424. The molecule has 2 heterocycles. The van der Waals surface area contributed by atoms with Crippen LogP contribution in [0.2, 0.25) is 0 Å². The average molecular weight is 432 g/mol. The first-order valence-corrected chi connectivity index (χ1v) is 12.7. The zero-order valence-corrected chi connectivity index (χ0v) is 18.8. The summed E-state index contributed by atoms with van der Waals surface area (Å²) in [4.78, 5) is 0. The maximum absolute atomic E-state index is 5.94. The van der Waals surface area contributed by atoms with Crippen molar-refractivity contribution in [2.75, 3.05) is 13.2 Å². The van der Waals surface area contributed by atoms with Gasteiger partial charge in [0.15, 0.2) is 0 Å². The van der Waals surface area contributed by atoms with Gasteiger partial charge >= 0.3 is 0 Å². The molecular weight excluding hydrogens is 405 g/mol. The first-order valence-electron chi connectivity index (χ1n) is 10.6. The molecule has 2 nitrogen and oxygen atoms in total. The molecule has 0 aliphatic carbocycles. The summed E-state index contributed by atoms with van der Waals surface area (Å²) in [5, 5.41) is 7.74. The van der Waals surface area contributed by atoms with E-state index in [1.165, 1.54) is 30.9 Å². The van der Waals surface area contributed by atoms with Crippen LogP contribution in [0.5, 0.6) is 0 Å². The lowest BCUT2D eigenvalue weighted by Crippen LogP contribution is -2.32. The van der Waals surface area contributed by atoms with Gasteiger partial charge in [-0.25, -0.2) is 0 Å². The Morgan fingerprint density at radius 2 is 1.57 bits per heavy atom. The third-order valence-electron chi connectivity index (χ3n) is 5.70. The second-order valence-corrected chi connectivity index (χ2v) is 11.3. The lowest BCUT2D eigenvalue weighted by atomic mass is 9.99. The van der Waals surface area contributed by atoms with E-state index < -0.39 is 7.92 Å². The quantitative estimate of drug-likeness (QED) is 0.444. The maximum Gasteiger partial charge on any atom is 0.111 e. The van der Waals surface area contributed by atoms with Gasteiger partial charge in [-0.1, -0.05) is 85.8 Å². The summed E-state index contributed by atoms with van der Waals surface area (Å²) in [6, 6.07) is 30.9. The number of thiophene rings is 1. The number of benzene rings is 3. The number of nitrogens with one attached hydrogen (secondary N) is 1. The van der Waals surface area contributed by atoms with E-state index in [9.17, 15) is 0 Å². The molecule has 30 heavy (non-hydrogen) atoms. The number of ether oxygens (including phenoxy) is 1. The van der Waals surface area contributed by atoms with Crippen molar-refractivity contribution < 1.29 is 4.74 Å². The molecule has 0 radical (unpaired) electrons. The Morgan fingerprint density at radius 1 is 0.933 bits per heavy atom. The average Bonchev–Trinajstić information content (AvgIpc) is 3.45. The molecule has 2 atom stereocenters. The first-order chi connectivity index (χ1) is 14.8. The van der Waals surface area contributed by atoms with Crippen LogP contribution in [0.15, 0.2) is 84.9 Å². The molecule has 1 fully saturated rings. The number of hydrogen-bond donors (Lipinski definition) is 1. The lowest BCUT2D eigenvalue weighted by molar-refractivity contribution is 0.0588. The summed E-state index contributed by atoms with van der Waals surface area (Å²) in [6.07, 6.45) is 1.17. The molecule has 4 aromatic rings. The molecule has 0 bridgehead atoms. The van der Waals surface area contributed by atoms with Crippen LogP contribution < -0.4 is 20.5 Å². The standard InChI is InChI=1S/C26H26NOPS/c1-19(25-27-16-17-28-25)18-23-22-14-8-9-15-24(22)30-26(23)29(20-10-4-2-5-11-20)21-12-6-3-7-13-21/h2-15,19,25,27H,16-18H2,1H3/t19-,25-/m0/s1. The van der Waals surface area contributed by atoms with Crippen molar-refractivity contribution in [3.63, 3.8) is 0 Å². The molecule has 0 saturated carbocycles. The first kappa shape index (κ1) is 19.9. The Hall–Kier alpha value is -2.03. The van der Waals surface area contributed by atoms with Gasteiger partial charge in [0.05, 0.1) is 6.61 Å². The summed E-state index contributed by atoms with van der Waals surface area (Å²) in [6.45, 7) is 4.08. The van der Waals surface area contributed by atoms with E-state index in [0.29, 0.717) is 5.92 Å². The third kappa shape index (κ3) is 3.96. The minimum Gasteiger partial charge on any atom is -0.362 e. The van der Waals surface area contributed by atoms with Crippen LogP contribution in [0.25, 0.3) is 10.1 Å². The largest absolute Gasteiger partial charge is 0.362 e. The van der Waals surface area contributed by atoms with E-state index in [2.05, 4.69) is 97.2 Å². The van der Waals surface area contributed by atoms with Crippen LogP contribution in [0.1, 0.15) is 12.5 Å². The molecule has 1 aliphatic rings. The highest BCUT2D eigenvalue weighted by atomic mass is 32.1. The van der Waals surface area contributed by atoms with E-state index in [0.717, 1.165) is 19.6 Å². The highest BCUT2D eigenvalue weighted by Crippen LogP contribution is 2.41. The van der Waals surface area contributed by atoms with Gasteiger partial charge in [0.2, 0.25) is 0 Å². The van der Waals surface area contributed by atoms with Crippen molar-refractivity contribution in [1.82, 2.24) is 5.32 Å². The predicted octanol–water partition coefficient (Wildman–Crippen LogP) is 4.78. The van der Waals surface area contributed by atoms with Crippen LogP contribution in [-0.4, -0.2) is 19.4 Å². The van der Waals surface area contributed by atoms with E-state index in [1.807, 2.05) is 11.3 Å². The van der Waals surface area contributed by atoms with Gasteiger partial charge in [-0.2, -0.15) is 0 Å². The van der Waals surface area contributed by atoms with Crippen LogP contribution in [-0.2, 0) is 11.2 Å². The van der Waals surface area contributed by atoms with Gasteiger partial charge in [0.25, 0.3) is 0 Å². The van der Waals surface area contributed by atoms with E-state index in [-0.39, 0.29) is 6.23 Å². The molecule has 152 valence electrons. The molecule has 0 spiro atoms. The van der Waals surface area contributed by atoms with Gasteiger partial charge in [-0.15, -0.1) is 11.3 Å². The predicted molar refractivity (Wildman–Crippen MR) is 131 cm³/mol. The molecule has 3 aromatic carbocycles. The van der Waals surface area contributed by atoms with Gasteiger partial charge < -0.3 is 4.74 Å². The number of fused-ring (bicyclic) bond motifs is 1. The van der Waals surface area contributed by atoms with Crippen LogP contribution in [0.4, 0.5) is 0 Å². The van der Waals surface area contributed by atoms with Crippen LogP contribution >= 0.6 is 19.3 Å². The zero-order valence-electron chi connectivity index (χ0n) is 17.1. The highest BCUT2D eigenvalue weighted by Gasteiger charge is 2.28. The Morgan fingerprint density at radius 3 is 2.20 bits per heavy atom. The third-order valence-corrected chi connectivity index (χ3v) is 9.84. The van der Waals surface area contributed by atoms with Crippen LogP contribution in [0.3, 0.4) is 0 Å². The monoisotopic (exact) mass is 431 g/mol. The fourth-order valence-corrected chi connectivity index (χ4v) is 8.70. The Balaban J connectivity index is 1.65. The molecule has 1 aromatic heterocycles. The molecule has 1 aliphatic heterocycles. The molecule has 0 unspecified atom stereocenters. The Kier molecular flexibility index (Phi) is 5.97. The molecule has 1 saturated heterocycles. The second kappa shape index (κ2) is 8.99. The minimum atomic E-state index is -0.599. The van der Waals surface area contributed by atoms with Crippen LogP contribution in [0, 0.1) is 5.92 Å². The Labute approximate surface area is 183 Å². The molecule has 5 rings (SSSR count). The maximum atomic E-state index is 5.94. The van der Waals surface area contributed by atoms with Crippen molar-refractivity contribution in [1.29, 1.82) is 0 Å². The zero-order chi connectivity index (χ0) is 20.3. The van der Waals surface area contributed by atoms with Gasteiger partial charge in [-0.3, -0.25) is 5.32 Å². The Bertz CT molecular complexity index is 1070. The summed E-state index contributed by atoms with van der Waals surface area (Å²) < 4.78 is 8.85. The number of rotatable bonds is 6. The van der Waals surface area contributed by atoms with E-state index in [1.54, 1.807) is 0 Å². The molecule has 0 amide bonds. The van der Waals surface area contributed by atoms with Gasteiger partial charge in [-0.05, 0) is 47.9 Å². The fraction of sp³-hybridized carbons (Fsp3) is 0.231. The molecule has 1 N–H and O–H groups in total. The van der Waals surface area contributed by atoms with Crippen molar-refractivity contribution in [3.8, 4) is 0 Å². The number of hydrogen-bond acceptors (Lipinski definition) is 3. The van der Waals surface area contributed by atoms with Crippen molar-refractivity contribution in [2.45, 2.75) is 19.6 Å². The van der Waals surface area contributed by atoms with Gasteiger partial charge in [0.1, 0.15) is 6.23 Å². The summed E-state index contributed by atoms with van der Waals surface area (Å²) in [7, 11) is -0.599. The van der Waals surface area contributed by atoms with Crippen molar-refractivity contribution in [2.24, 2.45) is 5.92 Å². The molecular formula is C26H26NOPS.